The van der Waals surface area contributed by atoms with Crippen molar-refractivity contribution in [3.05, 3.63) is 95.6 Å². The summed E-state index contributed by atoms with van der Waals surface area (Å²) >= 11 is 0. The van der Waals surface area contributed by atoms with E-state index in [1.807, 2.05) is 30.3 Å². The summed E-state index contributed by atoms with van der Waals surface area (Å²) in [6.45, 7) is 7.32. The van der Waals surface area contributed by atoms with Gasteiger partial charge in [-0.1, -0.05) is 92.8 Å². The van der Waals surface area contributed by atoms with E-state index in [4.69, 9.17) is 9.47 Å². The number of amides is 5. The number of carbonyl (C=O) groups excluding carboxylic acids is 5. The summed E-state index contributed by atoms with van der Waals surface area (Å²) < 4.78 is 11.3. The molecule has 2 aliphatic rings. The molecule has 5 amide bonds. The molecule has 13 heteroatoms. The van der Waals surface area contributed by atoms with Crippen LogP contribution in [-0.2, 0) is 42.5 Å². The summed E-state index contributed by atoms with van der Waals surface area (Å²) in [6.07, 6.45) is 5.32. The molecule has 5 rings (SSSR count). The van der Waals surface area contributed by atoms with Crippen LogP contribution in [0.2, 0.25) is 0 Å². The highest BCUT2D eigenvalue weighted by Gasteiger charge is 2.48. The first-order valence-corrected chi connectivity index (χ1v) is 19.5. The molecule has 4 atom stereocenters. The largest absolute Gasteiger partial charge is 0.489 e. The summed E-state index contributed by atoms with van der Waals surface area (Å²) in [7, 11) is 0. The lowest BCUT2D eigenvalue weighted by Gasteiger charge is -2.29. The van der Waals surface area contributed by atoms with Crippen LogP contribution >= 0.6 is 0 Å². The second-order valence-electron chi connectivity index (χ2n) is 15.8. The fourth-order valence-corrected chi connectivity index (χ4v) is 7.04. The number of nitrogens with one attached hydrogen (secondary N) is 5. The topological polar surface area (TPSA) is 184 Å². The number of fused-ring (bicyclic) bond motifs is 1. The van der Waals surface area contributed by atoms with E-state index in [-0.39, 0.29) is 6.42 Å². The number of rotatable bonds is 16. The van der Waals surface area contributed by atoms with Crippen molar-refractivity contribution in [2.24, 2.45) is 5.92 Å². The molecule has 1 heterocycles. The molecule has 0 bridgehead atoms. The maximum Gasteiger partial charge on any atom is 0.408 e. The monoisotopic (exact) mass is 769 g/mol. The van der Waals surface area contributed by atoms with Gasteiger partial charge >= 0.3 is 6.09 Å². The van der Waals surface area contributed by atoms with Gasteiger partial charge in [0.15, 0.2) is 5.60 Å². The number of ether oxygens (including phenoxy) is 2. The lowest BCUT2D eigenvalue weighted by molar-refractivity contribution is -0.139. The van der Waals surface area contributed by atoms with Crippen molar-refractivity contribution in [2.45, 2.75) is 115 Å². The third-order valence-electron chi connectivity index (χ3n) is 10.1. The molecule has 0 spiro atoms. The predicted octanol–water partition coefficient (Wildman–Crippen LogP) is 5.01. The van der Waals surface area contributed by atoms with E-state index in [1.54, 1.807) is 69.3 Å². The molecule has 13 nitrogen and oxygen atoms in total. The molecular weight excluding hydrogens is 714 g/mol. The first-order chi connectivity index (χ1) is 26.7. The minimum Gasteiger partial charge on any atom is -0.489 e. The van der Waals surface area contributed by atoms with Gasteiger partial charge in [-0.25, -0.2) is 4.79 Å². The molecule has 1 aliphatic heterocycles. The normalized spacial score (nSPS) is 18.3. The lowest BCUT2D eigenvalue weighted by Crippen LogP contribution is -2.57. The first-order valence-electron chi connectivity index (χ1n) is 19.5. The Morgan fingerprint density at radius 1 is 0.821 bits per heavy atom. The Kier molecular flexibility index (Phi) is 14.1. The molecule has 3 aromatic rings. The van der Waals surface area contributed by atoms with E-state index in [2.05, 4.69) is 26.6 Å². The first kappa shape index (κ1) is 41.7. The maximum atomic E-state index is 13.8. The standard InChI is InChI=1S/C43H55N5O8/c1-28(45-39(51)35(48-41(53)56-42(2,3)4)25-30-19-21-32(22-20-30)55-27-31-15-9-6-10-16-31)37(49)46-36(38(50)44-24-23-29-13-7-5-8-14-29)26-43(54)33-17-11-12-18-34(33)47-40(43)52/h6,9-12,15-22,28-29,35-36,54H,5,7-8,13-14,23-27H2,1-4H3,(H,44,50)(H,45,51)(H,46,49)(H,47,52)(H,48,53)/t28-,35-,36-,43+/m0/s1. The fourth-order valence-electron chi connectivity index (χ4n) is 7.04. The average Bonchev–Trinajstić information content (AvgIpc) is 3.42. The highest BCUT2D eigenvalue weighted by atomic mass is 16.6. The Bertz CT molecular complexity index is 1820. The van der Waals surface area contributed by atoms with Gasteiger partial charge in [0, 0.05) is 30.6 Å². The van der Waals surface area contributed by atoms with Crippen LogP contribution < -0.4 is 31.3 Å². The summed E-state index contributed by atoms with van der Waals surface area (Å²) in [5.74, 6) is -1.53. The number of benzene rings is 3. The van der Waals surface area contributed by atoms with Gasteiger partial charge in [0.25, 0.3) is 5.91 Å². The van der Waals surface area contributed by atoms with Crippen LogP contribution in [0.5, 0.6) is 5.75 Å². The third-order valence-corrected chi connectivity index (χ3v) is 10.1. The van der Waals surface area contributed by atoms with Crippen LogP contribution in [0.25, 0.3) is 0 Å². The molecule has 0 saturated heterocycles. The Morgan fingerprint density at radius 2 is 1.50 bits per heavy atom. The van der Waals surface area contributed by atoms with Crippen molar-refractivity contribution >= 4 is 35.4 Å². The minimum atomic E-state index is -2.09. The fraction of sp³-hybridized carbons (Fsp3) is 0.465. The number of alkyl carbamates (subject to hydrolysis) is 1. The molecular formula is C43H55N5O8. The van der Waals surface area contributed by atoms with E-state index >= 15 is 0 Å². The van der Waals surface area contributed by atoms with Gasteiger partial charge in [-0.05, 0) is 69.4 Å². The lowest BCUT2D eigenvalue weighted by atomic mass is 9.86. The highest BCUT2D eigenvalue weighted by Crippen LogP contribution is 2.39. The van der Waals surface area contributed by atoms with Crippen LogP contribution in [0.1, 0.15) is 89.3 Å². The third kappa shape index (κ3) is 11.8. The van der Waals surface area contributed by atoms with Gasteiger partial charge < -0.3 is 41.2 Å². The van der Waals surface area contributed by atoms with Crippen LogP contribution in [0.15, 0.2) is 78.9 Å². The van der Waals surface area contributed by atoms with Crippen molar-refractivity contribution in [3.63, 3.8) is 0 Å². The van der Waals surface area contributed by atoms with Gasteiger partial charge in [0.05, 0.1) is 0 Å². The Balaban J connectivity index is 1.26. The van der Waals surface area contributed by atoms with Crippen molar-refractivity contribution in [3.8, 4) is 5.75 Å². The van der Waals surface area contributed by atoms with E-state index in [0.29, 0.717) is 41.6 Å². The molecule has 3 aromatic carbocycles. The molecule has 6 N–H and O–H groups in total. The highest BCUT2D eigenvalue weighted by molar-refractivity contribution is 6.05. The molecule has 0 unspecified atom stereocenters. The zero-order chi connectivity index (χ0) is 40.3. The Hall–Kier alpha value is -5.43. The second kappa shape index (κ2) is 18.9. The number of hydrogen-bond donors (Lipinski definition) is 6. The maximum absolute atomic E-state index is 13.8. The van der Waals surface area contributed by atoms with Crippen molar-refractivity contribution in [1.82, 2.24) is 21.3 Å². The van der Waals surface area contributed by atoms with Crippen molar-refractivity contribution in [2.75, 3.05) is 11.9 Å². The number of carbonyl (C=O) groups is 5. The van der Waals surface area contributed by atoms with Gasteiger partial charge in [0.2, 0.25) is 17.7 Å². The average molecular weight is 770 g/mol. The van der Waals surface area contributed by atoms with Gasteiger partial charge in [-0.2, -0.15) is 0 Å². The Morgan fingerprint density at radius 3 is 2.20 bits per heavy atom. The molecule has 1 fully saturated rings. The number of hydrogen-bond acceptors (Lipinski definition) is 8. The van der Waals surface area contributed by atoms with E-state index in [9.17, 15) is 29.1 Å². The van der Waals surface area contributed by atoms with Crippen LogP contribution in [-0.4, -0.2) is 65.1 Å². The molecule has 0 aromatic heterocycles. The summed E-state index contributed by atoms with van der Waals surface area (Å²) in [5.41, 5.74) is -0.484. The van der Waals surface area contributed by atoms with Crippen LogP contribution in [0.3, 0.4) is 0 Å². The molecule has 300 valence electrons. The van der Waals surface area contributed by atoms with E-state index in [0.717, 1.165) is 37.7 Å². The summed E-state index contributed by atoms with van der Waals surface area (Å²) in [6, 6.07) is 19.8. The van der Waals surface area contributed by atoms with E-state index in [1.165, 1.54) is 13.3 Å². The molecule has 56 heavy (non-hydrogen) atoms. The summed E-state index contributed by atoms with van der Waals surface area (Å²) in [5, 5.41) is 25.2. The number of para-hydroxylation sites is 1. The van der Waals surface area contributed by atoms with Crippen molar-refractivity contribution < 1.29 is 38.6 Å². The quantitative estimate of drug-likeness (QED) is 0.118. The molecule has 1 saturated carbocycles. The SMILES string of the molecule is C[C@H](NC(=O)[C@H](Cc1ccc(OCc2ccccc2)cc1)NC(=O)OC(C)(C)C)C(=O)N[C@@H](C[C@]1(O)C(=O)Nc2ccccc21)C(=O)NCCC1CCCCC1. The summed E-state index contributed by atoms with van der Waals surface area (Å²) in [4.78, 5) is 67.1. The van der Waals surface area contributed by atoms with Crippen molar-refractivity contribution in [1.29, 1.82) is 0 Å². The zero-order valence-corrected chi connectivity index (χ0v) is 32.7. The Labute approximate surface area is 328 Å². The zero-order valence-electron chi connectivity index (χ0n) is 32.7. The van der Waals surface area contributed by atoms with Crippen LogP contribution in [0.4, 0.5) is 10.5 Å². The minimum absolute atomic E-state index is 0.0615. The number of anilines is 1. The number of aliphatic hydroxyl groups is 1. The van der Waals surface area contributed by atoms with Gasteiger partial charge in [0.1, 0.15) is 36.1 Å². The van der Waals surface area contributed by atoms with Gasteiger partial charge in [-0.15, -0.1) is 0 Å². The smallest absolute Gasteiger partial charge is 0.408 e. The van der Waals surface area contributed by atoms with E-state index < -0.39 is 65.5 Å². The second-order valence-corrected chi connectivity index (χ2v) is 15.8. The van der Waals surface area contributed by atoms with Crippen LogP contribution in [0, 0.1) is 5.92 Å². The molecule has 1 aliphatic carbocycles. The predicted molar refractivity (Wildman–Crippen MR) is 211 cm³/mol. The molecule has 0 radical (unpaired) electrons. The van der Waals surface area contributed by atoms with Gasteiger partial charge in [-0.3, -0.25) is 19.2 Å².